The van der Waals surface area contributed by atoms with Crippen LogP contribution >= 0.6 is 0 Å². The molecule has 128 valence electrons. The van der Waals surface area contributed by atoms with Gasteiger partial charge in [-0.2, -0.15) is 0 Å². The Bertz CT molecular complexity index is 510. The number of hydrogen-bond donors (Lipinski definition) is 1. The molecule has 0 saturated heterocycles. The second kappa shape index (κ2) is 7.97. The number of hydrogen-bond acceptors (Lipinski definition) is 3. The molecule has 1 saturated carbocycles. The van der Waals surface area contributed by atoms with Gasteiger partial charge < -0.3 is 14.6 Å². The molecule has 3 rings (SSSR count). The van der Waals surface area contributed by atoms with E-state index in [1.807, 2.05) is 0 Å². The molecular weight excluding hydrogens is 290 g/mol. The standard InChI is InChI=1S/C18H29N3O2/c1-23-9-7-19-18(22)10-16-12-20(11-15-4-2-5-15)14-17-6-3-8-21(17)13-16/h3,6,8,15-16H,2,4-5,7,9-14H2,1H3,(H,19,22)/t16-/m1/s1. The normalized spacial score (nSPS) is 22.2. The van der Waals surface area contributed by atoms with Gasteiger partial charge in [-0.15, -0.1) is 0 Å². The van der Waals surface area contributed by atoms with E-state index in [0.717, 1.165) is 25.6 Å². The van der Waals surface area contributed by atoms with Gasteiger partial charge in [-0.05, 0) is 36.8 Å². The van der Waals surface area contributed by atoms with E-state index in [1.165, 1.54) is 31.5 Å². The van der Waals surface area contributed by atoms with E-state index in [2.05, 4.69) is 33.1 Å². The number of amides is 1. The molecule has 0 aromatic carbocycles. The number of nitrogens with zero attached hydrogens (tertiary/aromatic N) is 2. The highest BCUT2D eigenvalue weighted by molar-refractivity contribution is 5.76. The maximum Gasteiger partial charge on any atom is 0.220 e. The van der Waals surface area contributed by atoms with Gasteiger partial charge in [0.2, 0.25) is 5.91 Å². The Labute approximate surface area is 139 Å². The number of ether oxygens (including phenoxy) is 1. The Balaban J connectivity index is 1.58. The number of carbonyl (C=O) groups excluding carboxylic acids is 1. The van der Waals surface area contributed by atoms with Gasteiger partial charge in [0.1, 0.15) is 0 Å². The smallest absolute Gasteiger partial charge is 0.220 e. The van der Waals surface area contributed by atoms with E-state index in [0.29, 0.717) is 25.5 Å². The molecule has 0 unspecified atom stereocenters. The van der Waals surface area contributed by atoms with Gasteiger partial charge in [0, 0.05) is 58.1 Å². The van der Waals surface area contributed by atoms with Crippen LogP contribution in [-0.2, 0) is 22.6 Å². The zero-order chi connectivity index (χ0) is 16.1. The van der Waals surface area contributed by atoms with Crippen molar-refractivity contribution in [2.45, 2.75) is 38.8 Å². The highest BCUT2D eigenvalue weighted by atomic mass is 16.5. The molecule has 1 amide bonds. The molecule has 1 atom stereocenters. The number of methoxy groups -OCH3 is 1. The van der Waals surface area contributed by atoms with Crippen LogP contribution < -0.4 is 5.32 Å². The maximum absolute atomic E-state index is 12.2. The van der Waals surface area contributed by atoms with Crippen molar-refractivity contribution in [1.29, 1.82) is 0 Å². The Morgan fingerprint density at radius 2 is 2.22 bits per heavy atom. The molecule has 23 heavy (non-hydrogen) atoms. The van der Waals surface area contributed by atoms with E-state index in [9.17, 15) is 4.79 Å². The van der Waals surface area contributed by atoms with E-state index in [-0.39, 0.29) is 5.91 Å². The predicted octanol–water partition coefficient (Wildman–Crippen LogP) is 1.87. The average Bonchev–Trinajstić information content (AvgIpc) is 2.83. The minimum Gasteiger partial charge on any atom is -0.383 e. The van der Waals surface area contributed by atoms with Crippen LogP contribution in [0.1, 0.15) is 31.4 Å². The molecule has 2 heterocycles. The number of rotatable bonds is 7. The van der Waals surface area contributed by atoms with Crippen LogP contribution in [0.4, 0.5) is 0 Å². The Morgan fingerprint density at radius 1 is 1.35 bits per heavy atom. The minimum atomic E-state index is 0.145. The van der Waals surface area contributed by atoms with Crippen molar-refractivity contribution in [3.63, 3.8) is 0 Å². The summed E-state index contributed by atoms with van der Waals surface area (Å²) in [5.74, 6) is 1.39. The highest BCUT2D eigenvalue weighted by Gasteiger charge is 2.27. The number of nitrogens with one attached hydrogen (secondary N) is 1. The van der Waals surface area contributed by atoms with Crippen molar-refractivity contribution in [3.05, 3.63) is 24.0 Å². The first-order valence-electron chi connectivity index (χ1n) is 8.86. The topological polar surface area (TPSA) is 46.5 Å². The lowest BCUT2D eigenvalue weighted by Gasteiger charge is -2.32. The van der Waals surface area contributed by atoms with Gasteiger partial charge in [-0.25, -0.2) is 0 Å². The van der Waals surface area contributed by atoms with Crippen LogP contribution in [0, 0.1) is 11.8 Å². The molecule has 1 aliphatic carbocycles. The summed E-state index contributed by atoms with van der Waals surface area (Å²) in [5.41, 5.74) is 1.38. The zero-order valence-electron chi connectivity index (χ0n) is 14.2. The lowest BCUT2D eigenvalue weighted by Crippen LogP contribution is -2.37. The summed E-state index contributed by atoms with van der Waals surface area (Å²) in [5, 5.41) is 2.96. The molecule has 1 N–H and O–H groups in total. The second-order valence-corrected chi connectivity index (χ2v) is 7.06. The molecule has 1 fully saturated rings. The van der Waals surface area contributed by atoms with Crippen molar-refractivity contribution in [2.75, 3.05) is 33.4 Å². The van der Waals surface area contributed by atoms with Gasteiger partial charge in [0.25, 0.3) is 0 Å². The fraction of sp³-hybridized carbons (Fsp3) is 0.722. The minimum absolute atomic E-state index is 0.145. The number of fused-ring (bicyclic) bond motifs is 1. The molecule has 5 heteroatoms. The van der Waals surface area contributed by atoms with Crippen molar-refractivity contribution in [1.82, 2.24) is 14.8 Å². The monoisotopic (exact) mass is 319 g/mol. The SMILES string of the molecule is COCCNC(=O)C[C@@H]1CN(CC2CCC2)Cc2cccn2C1. The van der Waals surface area contributed by atoms with Crippen LogP contribution in [0.2, 0.25) is 0 Å². The number of carbonyl (C=O) groups is 1. The first-order chi connectivity index (χ1) is 11.2. The van der Waals surface area contributed by atoms with Crippen molar-refractivity contribution < 1.29 is 9.53 Å². The summed E-state index contributed by atoms with van der Waals surface area (Å²) in [6, 6.07) is 4.34. The van der Waals surface area contributed by atoms with Gasteiger partial charge in [-0.1, -0.05) is 6.42 Å². The molecule has 5 nitrogen and oxygen atoms in total. The molecular formula is C18H29N3O2. The number of aromatic nitrogens is 1. The average molecular weight is 319 g/mol. The first kappa shape index (κ1) is 16.5. The van der Waals surface area contributed by atoms with Crippen molar-refractivity contribution >= 4 is 5.91 Å². The molecule has 1 aliphatic heterocycles. The zero-order valence-corrected chi connectivity index (χ0v) is 14.2. The van der Waals surface area contributed by atoms with Gasteiger partial charge in [0.05, 0.1) is 6.61 Å². The molecule has 1 aromatic heterocycles. The molecule has 0 bridgehead atoms. The second-order valence-electron chi connectivity index (χ2n) is 7.06. The quantitative estimate of drug-likeness (QED) is 0.781. The molecule has 2 aliphatic rings. The Kier molecular flexibility index (Phi) is 5.73. The third kappa shape index (κ3) is 4.58. The summed E-state index contributed by atoms with van der Waals surface area (Å²) in [7, 11) is 1.66. The van der Waals surface area contributed by atoms with Crippen molar-refractivity contribution in [3.8, 4) is 0 Å². The Hall–Kier alpha value is -1.33. The van der Waals surface area contributed by atoms with Crippen molar-refractivity contribution in [2.24, 2.45) is 11.8 Å². The lowest BCUT2D eigenvalue weighted by atomic mass is 9.85. The Morgan fingerprint density at radius 3 is 2.96 bits per heavy atom. The summed E-state index contributed by atoms with van der Waals surface area (Å²) in [4.78, 5) is 14.7. The predicted molar refractivity (Wildman–Crippen MR) is 90.0 cm³/mol. The summed E-state index contributed by atoms with van der Waals surface area (Å²) < 4.78 is 7.32. The van der Waals surface area contributed by atoms with Gasteiger partial charge in [-0.3, -0.25) is 9.69 Å². The summed E-state index contributed by atoms with van der Waals surface area (Å²) in [6.07, 6.45) is 6.89. The fourth-order valence-electron chi connectivity index (χ4n) is 3.70. The third-order valence-corrected chi connectivity index (χ3v) is 5.12. The van der Waals surface area contributed by atoms with Crippen LogP contribution in [0.25, 0.3) is 0 Å². The highest BCUT2D eigenvalue weighted by Crippen LogP contribution is 2.29. The van der Waals surface area contributed by atoms with Crippen LogP contribution in [-0.4, -0.2) is 48.7 Å². The first-order valence-corrected chi connectivity index (χ1v) is 8.86. The molecule has 0 radical (unpaired) electrons. The molecule has 0 spiro atoms. The van der Waals surface area contributed by atoms with Gasteiger partial charge >= 0.3 is 0 Å². The summed E-state index contributed by atoms with van der Waals surface area (Å²) >= 11 is 0. The largest absolute Gasteiger partial charge is 0.383 e. The lowest BCUT2D eigenvalue weighted by molar-refractivity contribution is -0.122. The van der Waals surface area contributed by atoms with E-state index >= 15 is 0 Å². The third-order valence-electron chi connectivity index (χ3n) is 5.12. The van der Waals surface area contributed by atoms with Crippen LogP contribution in [0.3, 0.4) is 0 Å². The van der Waals surface area contributed by atoms with E-state index in [1.54, 1.807) is 7.11 Å². The fourth-order valence-corrected chi connectivity index (χ4v) is 3.70. The van der Waals surface area contributed by atoms with Crippen LogP contribution in [0.5, 0.6) is 0 Å². The van der Waals surface area contributed by atoms with E-state index < -0.39 is 0 Å². The van der Waals surface area contributed by atoms with Gasteiger partial charge in [0.15, 0.2) is 0 Å². The maximum atomic E-state index is 12.2. The summed E-state index contributed by atoms with van der Waals surface area (Å²) in [6.45, 7) is 5.35. The van der Waals surface area contributed by atoms with E-state index in [4.69, 9.17) is 4.74 Å². The molecule has 1 aromatic rings. The van der Waals surface area contributed by atoms with Crippen LogP contribution in [0.15, 0.2) is 18.3 Å².